The standard InChI is InChI=1S/C8H6F3N3/c9-5-1-4(2-12)14-6(3-13)7(5)8(10)11/h1,8H,3,13H2. The van der Waals surface area contributed by atoms with Gasteiger partial charge in [0.05, 0.1) is 11.3 Å². The molecule has 3 nitrogen and oxygen atoms in total. The quantitative estimate of drug-likeness (QED) is 0.788. The highest BCUT2D eigenvalue weighted by Gasteiger charge is 2.19. The SMILES string of the molecule is N#Cc1cc(F)c(C(F)F)c(CN)n1. The van der Waals surface area contributed by atoms with Crippen LogP contribution in [0.3, 0.4) is 0 Å². The summed E-state index contributed by atoms with van der Waals surface area (Å²) in [4.78, 5) is 3.49. The Morgan fingerprint density at radius 2 is 2.21 bits per heavy atom. The van der Waals surface area contributed by atoms with Crippen LogP contribution < -0.4 is 5.73 Å². The van der Waals surface area contributed by atoms with Crippen LogP contribution in [0.1, 0.15) is 23.4 Å². The van der Waals surface area contributed by atoms with E-state index in [0.717, 1.165) is 0 Å². The average molecular weight is 201 g/mol. The van der Waals surface area contributed by atoms with Crippen molar-refractivity contribution in [3.05, 3.63) is 28.8 Å². The molecular weight excluding hydrogens is 195 g/mol. The van der Waals surface area contributed by atoms with Crippen molar-refractivity contribution in [1.82, 2.24) is 4.98 Å². The van der Waals surface area contributed by atoms with Gasteiger partial charge in [-0.15, -0.1) is 0 Å². The normalized spacial score (nSPS) is 10.3. The second-order valence-corrected chi connectivity index (χ2v) is 2.47. The van der Waals surface area contributed by atoms with Gasteiger partial charge in [0.2, 0.25) is 0 Å². The van der Waals surface area contributed by atoms with E-state index in [1.807, 2.05) is 0 Å². The largest absolute Gasteiger partial charge is 0.325 e. The molecule has 0 aliphatic carbocycles. The summed E-state index contributed by atoms with van der Waals surface area (Å²) in [7, 11) is 0. The van der Waals surface area contributed by atoms with Gasteiger partial charge in [0.1, 0.15) is 17.6 Å². The predicted molar refractivity (Wildman–Crippen MR) is 41.8 cm³/mol. The zero-order valence-electron chi connectivity index (χ0n) is 6.97. The number of nitrogens with two attached hydrogens (primary N) is 1. The molecule has 0 saturated heterocycles. The van der Waals surface area contributed by atoms with Crippen molar-refractivity contribution in [1.29, 1.82) is 5.26 Å². The number of halogens is 3. The van der Waals surface area contributed by atoms with Crippen LogP contribution in [0.5, 0.6) is 0 Å². The molecule has 2 N–H and O–H groups in total. The second-order valence-electron chi connectivity index (χ2n) is 2.47. The highest BCUT2D eigenvalue weighted by Crippen LogP contribution is 2.25. The van der Waals surface area contributed by atoms with E-state index in [4.69, 9.17) is 11.0 Å². The number of nitriles is 1. The molecule has 0 saturated carbocycles. The van der Waals surface area contributed by atoms with E-state index in [1.54, 1.807) is 6.07 Å². The zero-order chi connectivity index (χ0) is 10.7. The summed E-state index contributed by atoms with van der Waals surface area (Å²) in [5.74, 6) is -1.15. The maximum absolute atomic E-state index is 13.0. The Bertz CT molecular complexity index is 384. The zero-order valence-corrected chi connectivity index (χ0v) is 6.97. The van der Waals surface area contributed by atoms with Crippen molar-refractivity contribution in [3.8, 4) is 6.07 Å². The predicted octanol–water partition coefficient (Wildman–Crippen LogP) is 1.49. The Hall–Kier alpha value is -1.61. The Kier molecular flexibility index (Phi) is 3.04. The molecule has 1 rings (SSSR count). The number of alkyl halides is 2. The van der Waals surface area contributed by atoms with Crippen LogP contribution in [0, 0.1) is 17.1 Å². The Balaban J connectivity index is 3.36. The van der Waals surface area contributed by atoms with Gasteiger partial charge in [0.15, 0.2) is 0 Å². The van der Waals surface area contributed by atoms with Crippen LogP contribution in [-0.2, 0) is 6.54 Å². The van der Waals surface area contributed by atoms with Gasteiger partial charge in [-0.3, -0.25) is 0 Å². The van der Waals surface area contributed by atoms with Crippen molar-refractivity contribution in [2.24, 2.45) is 5.73 Å². The van der Waals surface area contributed by atoms with Gasteiger partial charge >= 0.3 is 0 Å². The second kappa shape index (κ2) is 4.07. The van der Waals surface area contributed by atoms with Gasteiger partial charge in [-0.1, -0.05) is 0 Å². The first-order chi connectivity index (χ1) is 6.60. The van der Waals surface area contributed by atoms with Crippen molar-refractivity contribution in [2.75, 3.05) is 0 Å². The first kappa shape index (κ1) is 10.5. The van der Waals surface area contributed by atoms with Crippen LogP contribution in [0.2, 0.25) is 0 Å². The van der Waals surface area contributed by atoms with Gasteiger partial charge in [0.25, 0.3) is 6.43 Å². The van der Waals surface area contributed by atoms with Crippen molar-refractivity contribution >= 4 is 0 Å². The molecule has 0 aliphatic rings. The summed E-state index contributed by atoms with van der Waals surface area (Å²) in [5.41, 5.74) is 3.74. The monoisotopic (exact) mass is 201 g/mol. The highest BCUT2D eigenvalue weighted by molar-refractivity contribution is 5.31. The maximum atomic E-state index is 13.0. The Labute approximate surface area is 78.0 Å². The van der Waals surface area contributed by atoms with Crippen LogP contribution in [0.15, 0.2) is 6.07 Å². The van der Waals surface area contributed by atoms with E-state index >= 15 is 0 Å². The summed E-state index contributed by atoms with van der Waals surface area (Å²) in [6.45, 7) is -0.327. The minimum atomic E-state index is -2.98. The van der Waals surface area contributed by atoms with E-state index in [2.05, 4.69) is 4.98 Å². The molecule has 0 amide bonds. The number of nitrogens with zero attached hydrogens (tertiary/aromatic N) is 2. The van der Waals surface area contributed by atoms with Crippen molar-refractivity contribution < 1.29 is 13.2 Å². The molecule has 1 aromatic heterocycles. The summed E-state index contributed by atoms with van der Waals surface area (Å²) < 4.78 is 37.6. The molecule has 0 bridgehead atoms. The van der Waals surface area contributed by atoms with Crippen molar-refractivity contribution in [3.63, 3.8) is 0 Å². The minimum absolute atomic E-state index is 0.257. The third kappa shape index (κ3) is 1.83. The fourth-order valence-electron chi connectivity index (χ4n) is 1.02. The molecule has 0 fully saturated rings. The van der Waals surface area contributed by atoms with Gasteiger partial charge < -0.3 is 5.73 Å². The number of hydrogen-bond acceptors (Lipinski definition) is 3. The molecule has 0 aromatic carbocycles. The van der Waals surface area contributed by atoms with Crippen LogP contribution in [-0.4, -0.2) is 4.98 Å². The molecule has 14 heavy (non-hydrogen) atoms. The van der Waals surface area contributed by atoms with Gasteiger partial charge in [-0.25, -0.2) is 18.2 Å². The van der Waals surface area contributed by atoms with E-state index in [9.17, 15) is 13.2 Å². The third-order valence-electron chi connectivity index (χ3n) is 1.61. The molecule has 0 spiro atoms. The Morgan fingerprint density at radius 1 is 1.57 bits per heavy atom. The molecular formula is C8H6F3N3. The maximum Gasteiger partial charge on any atom is 0.268 e. The summed E-state index contributed by atoms with van der Waals surface area (Å²) in [6.07, 6.45) is -2.98. The van der Waals surface area contributed by atoms with Crippen molar-refractivity contribution in [2.45, 2.75) is 13.0 Å². The topological polar surface area (TPSA) is 62.7 Å². The molecule has 0 atom stereocenters. The molecule has 0 unspecified atom stereocenters. The van der Waals surface area contributed by atoms with Crippen LogP contribution in [0.25, 0.3) is 0 Å². The highest BCUT2D eigenvalue weighted by atomic mass is 19.3. The lowest BCUT2D eigenvalue weighted by Crippen LogP contribution is -2.08. The molecule has 1 aromatic rings. The molecule has 0 aliphatic heterocycles. The lowest BCUT2D eigenvalue weighted by Gasteiger charge is -2.07. The first-order valence-corrected chi connectivity index (χ1v) is 3.67. The van der Waals surface area contributed by atoms with Crippen LogP contribution >= 0.6 is 0 Å². The summed E-state index contributed by atoms with van der Waals surface area (Å²) in [5, 5.41) is 8.40. The Morgan fingerprint density at radius 3 is 2.64 bits per heavy atom. The van der Waals surface area contributed by atoms with E-state index in [0.29, 0.717) is 6.07 Å². The molecule has 1 heterocycles. The van der Waals surface area contributed by atoms with E-state index in [-0.39, 0.29) is 17.9 Å². The van der Waals surface area contributed by atoms with Gasteiger partial charge in [-0.05, 0) is 0 Å². The third-order valence-corrected chi connectivity index (χ3v) is 1.61. The number of pyridine rings is 1. The number of hydrogen-bond donors (Lipinski definition) is 1. The molecule has 6 heteroatoms. The van der Waals surface area contributed by atoms with Crippen LogP contribution in [0.4, 0.5) is 13.2 Å². The van der Waals surface area contributed by atoms with Gasteiger partial charge in [-0.2, -0.15) is 5.26 Å². The fraction of sp³-hybridized carbons (Fsp3) is 0.250. The lowest BCUT2D eigenvalue weighted by atomic mass is 10.1. The number of rotatable bonds is 2. The molecule has 0 radical (unpaired) electrons. The average Bonchev–Trinajstić information content (AvgIpc) is 2.15. The number of aromatic nitrogens is 1. The molecule has 74 valence electrons. The fourth-order valence-corrected chi connectivity index (χ4v) is 1.02. The smallest absolute Gasteiger partial charge is 0.268 e. The van der Waals surface area contributed by atoms with E-state index in [1.165, 1.54) is 0 Å². The first-order valence-electron chi connectivity index (χ1n) is 3.67. The lowest BCUT2D eigenvalue weighted by molar-refractivity contribution is 0.144. The summed E-state index contributed by atoms with van der Waals surface area (Å²) >= 11 is 0. The minimum Gasteiger partial charge on any atom is -0.325 e. The van der Waals surface area contributed by atoms with Gasteiger partial charge in [0, 0.05) is 12.6 Å². The van der Waals surface area contributed by atoms with E-state index < -0.39 is 17.8 Å². The summed E-state index contributed by atoms with van der Waals surface area (Å²) in [6, 6.07) is 2.22.